The average Bonchev–Trinajstić information content (AvgIpc) is 2.02. The number of rotatable bonds is 5. The van der Waals surface area contributed by atoms with Crippen LogP contribution in [-0.4, -0.2) is 22.3 Å². The van der Waals surface area contributed by atoms with Crippen LogP contribution in [0.5, 0.6) is 0 Å². The van der Waals surface area contributed by atoms with Gasteiger partial charge in [-0.25, -0.2) is 4.79 Å². The predicted molar refractivity (Wildman–Crippen MR) is 51.5 cm³/mol. The lowest BCUT2D eigenvalue weighted by atomic mass is 9.98. The van der Waals surface area contributed by atoms with Gasteiger partial charge in [-0.15, -0.1) is 0 Å². The summed E-state index contributed by atoms with van der Waals surface area (Å²) in [7, 11) is 0. The summed E-state index contributed by atoms with van der Waals surface area (Å²) < 4.78 is 0. The van der Waals surface area contributed by atoms with Crippen molar-refractivity contribution in [3.05, 3.63) is 11.6 Å². The van der Waals surface area contributed by atoms with E-state index >= 15 is 0 Å². The van der Waals surface area contributed by atoms with Crippen molar-refractivity contribution in [1.29, 1.82) is 0 Å². The molecule has 0 aliphatic heterocycles. The summed E-state index contributed by atoms with van der Waals surface area (Å²) in [5, 5.41) is 17.6. The van der Waals surface area contributed by atoms with Crippen LogP contribution in [0.1, 0.15) is 33.6 Å². The van der Waals surface area contributed by atoms with E-state index in [1.807, 2.05) is 19.9 Å². The molecule has 3 nitrogen and oxygen atoms in total. The largest absolute Gasteiger partial charge is 0.479 e. The molecule has 0 aliphatic rings. The van der Waals surface area contributed by atoms with Crippen LogP contribution in [0, 0.1) is 5.92 Å². The Balaban J connectivity index is 3.81. The smallest absolute Gasteiger partial charge is 0.332 e. The van der Waals surface area contributed by atoms with E-state index in [1.54, 1.807) is 6.92 Å². The lowest BCUT2D eigenvalue weighted by Gasteiger charge is -2.13. The summed E-state index contributed by atoms with van der Waals surface area (Å²) in [6, 6.07) is 0. The van der Waals surface area contributed by atoms with Gasteiger partial charge in [0.1, 0.15) is 0 Å². The van der Waals surface area contributed by atoms with Crippen LogP contribution >= 0.6 is 0 Å². The van der Waals surface area contributed by atoms with Gasteiger partial charge in [0, 0.05) is 0 Å². The first kappa shape index (κ1) is 12.2. The summed E-state index contributed by atoms with van der Waals surface area (Å²) >= 11 is 0. The van der Waals surface area contributed by atoms with Crippen LogP contribution < -0.4 is 0 Å². The van der Waals surface area contributed by atoms with Gasteiger partial charge in [-0.2, -0.15) is 0 Å². The summed E-state index contributed by atoms with van der Waals surface area (Å²) in [5.41, 5.74) is 1.22. The molecule has 0 aliphatic carbocycles. The highest BCUT2D eigenvalue weighted by atomic mass is 16.4. The third-order valence-electron chi connectivity index (χ3n) is 1.97. The number of carbonyl (C=O) groups is 1. The third kappa shape index (κ3) is 5.42. The highest BCUT2D eigenvalue weighted by molar-refractivity contribution is 5.72. The van der Waals surface area contributed by atoms with Crippen LogP contribution in [0.4, 0.5) is 0 Å². The molecule has 2 atom stereocenters. The van der Waals surface area contributed by atoms with E-state index in [4.69, 9.17) is 10.2 Å². The van der Waals surface area contributed by atoms with Gasteiger partial charge < -0.3 is 10.2 Å². The van der Waals surface area contributed by atoms with Crippen molar-refractivity contribution in [2.45, 2.75) is 39.7 Å². The maximum absolute atomic E-state index is 10.4. The molecule has 0 fully saturated rings. The predicted octanol–water partition coefficient (Wildman–Crippen LogP) is 1.81. The Kier molecular flexibility index (Phi) is 5.39. The van der Waals surface area contributed by atoms with E-state index < -0.39 is 12.1 Å². The summed E-state index contributed by atoms with van der Waals surface area (Å²) in [6.45, 7) is 5.74. The minimum Gasteiger partial charge on any atom is -0.479 e. The molecule has 13 heavy (non-hydrogen) atoms. The zero-order valence-corrected chi connectivity index (χ0v) is 8.45. The quantitative estimate of drug-likeness (QED) is 0.644. The number of hydrogen-bond donors (Lipinski definition) is 2. The zero-order valence-electron chi connectivity index (χ0n) is 8.45. The van der Waals surface area contributed by atoms with Crippen LogP contribution in [0.3, 0.4) is 0 Å². The van der Waals surface area contributed by atoms with Gasteiger partial charge in [0.25, 0.3) is 0 Å². The first-order valence-corrected chi connectivity index (χ1v) is 4.49. The van der Waals surface area contributed by atoms with E-state index in [0.717, 1.165) is 6.42 Å². The third-order valence-corrected chi connectivity index (χ3v) is 1.97. The second-order valence-electron chi connectivity index (χ2n) is 3.62. The van der Waals surface area contributed by atoms with Crippen molar-refractivity contribution in [3.8, 4) is 0 Å². The Hall–Kier alpha value is -0.830. The van der Waals surface area contributed by atoms with E-state index in [1.165, 1.54) is 5.57 Å². The molecule has 0 aromatic rings. The van der Waals surface area contributed by atoms with E-state index in [9.17, 15) is 4.79 Å². The molecule has 2 N–H and O–H groups in total. The molecule has 0 saturated heterocycles. The number of carboxylic acid groups (broad SMARTS) is 1. The van der Waals surface area contributed by atoms with Crippen LogP contribution in [0.2, 0.25) is 0 Å². The SMILES string of the molecule is CC(C)=CCCC(C)C(O)C(=O)O. The summed E-state index contributed by atoms with van der Waals surface area (Å²) in [5.74, 6) is -1.32. The molecule has 0 bridgehead atoms. The lowest BCUT2D eigenvalue weighted by Crippen LogP contribution is -2.27. The van der Waals surface area contributed by atoms with Gasteiger partial charge in [0.2, 0.25) is 0 Å². The topological polar surface area (TPSA) is 57.5 Å². The molecule has 0 rings (SSSR count). The molecule has 0 aromatic heterocycles. The van der Waals surface area contributed by atoms with Gasteiger partial charge in [0.15, 0.2) is 6.10 Å². The Morgan fingerprint density at radius 2 is 2.00 bits per heavy atom. The first-order valence-electron chi connectivity index (χ1n) is 4.49. The van der Waals surface area contributed by atoms with Crippen molar-refractivity contribution in [1.82, 2.24) is 0 Å². The molecular weight excluding hydrogens is 168 g/mol. The highest BCUT2D eigenvalue weighted by Crippen LogP contribution is 2.12. The summed E-state index contributed by atoms with van der Waals surface area (Å²) in [4.78, 5) is 10.4. The number of aliphatic hydroxyl groups excluding tert-OH is 1. The maximum Gasteiger partial charge on any atom is 0.332 e. The number of aliphatic carboxylic acids is 1. The monoisotopic (exact) mass is 186 g/mol. The van der Waals surface area contributed by atoms with Crippen LogP contribution in [0.15, 0.2) is 11.6 Å². The van der Waals surface area contributed by atoms with Gasteiger partial charge in [-0.1, -0.05) is 18.6 Å². The van der Waals surface area contributed by atoms with Crippen molar-refractivity contribution in [2.75, 3.05) is 0 Å². The second kappa shape index (κ2) is 5.75. The van der Waals surface area contributed by atoms with Crippen LogP contribution in [0.25, 0.3) is 0 Å². The fraction of sp³-hybridized carbons (Fsp3) is 0.700. The fourth-order valence-corrected chi connectivity index (χ4v) is 1.04. The van der Waals surface area contributed by atoms with Crippen molar-refractivity contribution in [2.24, 2.45) is 5.92 Å². The Bertz CT molecular complexity index is 192. The van der Waals surface area contributed by atoms with Crippen molar-refractivity contribution >= 4 is 5.97 Å². The van der Waals surface area contributed by atoms with Crippen LogP contribution in [-0.2, 0) is 4.79 Å². The molecule has 0 saturated carbocycles. The average molecular weight is 186 g/mol. The molecule has 3 heteroatoms. The Labute approximate surface area is 79.1 Å². The molecular formula is C10H18O3. The van der Waals surface area contributed by atoms with E-state index in [2.05, 4.69) is 0 Å². The molecule has 0 aromatic carbocycles. The van der Waals surface area contributed by atoms with Gasteiger partial charge in [0.05, 0.1) is 0 Å². The molecule has 0 radical (unpaired) electrons. The Morgan fingerprint density at radius 3 is 2.38 bits per heavy atom. The maximum atomic E-state index is 10.4. The standard InChI is InChI=1S/C10H18O3/c1-7(2)5-4-6-8(3)9(11)10(12)13/h5,8-9,11H,4,6H2,1-3H3,(H,12,13). The second-order valence-corrected chi connectivity index (χ2v) is 3.62. The first-order chi connectivity index (χ1) is 5.95. The Morgan fingerprint density at radius 1 is 1.46 bits per heavy atom. The molecule has 2 unspecified atom stereocenters. The van der Waals surface area contributed by atoms with Crippen molar-refractivity contribution < 1.29 is 15.0 Å². The van der Waals surface area contributed by atoms with Gasteiger partial charge in [-0.05, 0) is 32.6 Å². The minimum atomic E-state index is -1.23. The number of allylic oxidation sites excluding steroid dienone is 2. The highest BCUT2D eigenvalue weighted by Gasteiger charge is 2.20. The lowest BCUT2D eigenvalue weighted by molar-refractivity contribution is -0.149. The number of carboxylic acids is 1. The van der Waals surface area contributed by atoms with Gasteiger partial charge in [-0.3, -0.25) is 0 Å². The fourth-order valence-electron chi connectivity index (χ4n) is 1.04. The van der Waals surface area contributed by atoms with Crippen molar-refractivity contribution in [3.63, 3.8) is 0 Å². The molecule has 0 heterocycles. The molecule has 0 spiro atoms. The minimum absolute atomic E-state index is 0.187. The molecule has 76 valence electrons. The number of hydrogen-bond acceptors (Lipinski definition) is 2. The van der Waals surface area contributed by atoms with Gasteiger partial charge >= 0.3 is 5.97 Å². The number of aliphatic hydroxyl groups is 1. The van der Waals surface area contributed by atoms with E-state index in [-0.39, 0.29) is 5.92 Å². The zero-order chi connectivity index (χ0) is 10.4. The summed E-state index contributed by atoms with van der Waals surface area (Å²) in [6.07, 6.45) is 2.35. The molecule has 0 amide bonds. The van der Waals surface area contributed by atoms with E-state index in [0.29, 0.717) is 6.42 Å². The normalized spacial score (nSPS) is 14.8.